The Morgan fingerprint density at radius 2 is 1.68 bits per heavy atom. The lowest BCUT2D eigenvalue weighted by Gasteiger charge is -2.23. The number of rotatable bonds is 2. The molecule has 1 aliphatic carbocycles. The fourth-order valence-electron chi connectivity index (χ4n) is 3.07. The van der Waals surface area contributed by atoms with Gasteiger partial charge in [0.05, 0.1) is 7.11 Å². The van der Waals surface area contributed by atoms with Gasteiger partial charge in [-0.1, -0.05) is 30.3 Å². The van der Waals surface area contributed by atoms with Gasteiger partial charge in [0.1, 0.15) is 0 Å². The molecule has 0 bridgehead atoms. The Bertz CT molecular complexity index is 590. The number of ether oxygens (including phenoxy) is 1. The zero-order valence-electron chi connectivity index (χ0n) is 11.6. The van der Waals surface area contributed by atoms with Crippen LogP contribution in [0.15, 0.2) is 30.3 Å². The number of methoxy groups -OCH3 is 1. The van der Waals surface area contributed by atoms with Crippen molar-refractivity contribution in [2.45, 2.75) is 32.6 Å². The number of nitrogens with zero attached hydrogens (tertiary/aromatic N) is 1. The van der Waals surface area contributed by atoms with Crippen molar-refractivity contribution in [2.24, 2.45) is 0 Å². The molecule has 3 rings (SSSR count). The zero-order chi connectivity index (χ0) is 13.2. The lowest BCUT2D eigenvalue weighted by atomic mass is 9.86. The van der Waals surface area contributed by atoms with Crippen molar-refractivity contribution in [1.82, 2.24) is 4.98 Å². The first-order valence-corrected chi connectivity index (χ1v) is 6.93. The fourth-order valence-corrected chi connectivity index (χ4v) is 3.07. The molecule has 1 aromatic heterocycles. The Hall–Kier alpha value is -1.83. The standard InChI is InChI=1S/C17H19NO/c1-12-16(13-8-4-3-5-9-13)14-10-6-7-11-15(14)17(18-12)19-2/h3-5,8-9H,6-7,10-11H2,1-2H3. The van der Waals surface area contributed by atoms with Crippen LogP contribution < -0.4 is 4.74 Å². The second kappa shape index (κ2) is 5.04. The summed E-state index contributed by atoms with van der Waals surface area (Å²) in [6.45, 7) is 2.08. The maximum Gasteiger partial charge on any atom is 0.216 e. The second-order valence-electron chi connectivity index (χ2n) is 5.11. The molecule has 0 unspecified atom stereocenters. The summed E-state index contributed by atoms with van der Waals surface area (Å²) in [4.78, 5) is 4.66. The Morgan fingerprint density at radius 3 is 2.37 bits per heavy atom. The van der Waals surface area contributed by atoms with Gasteiger partial charge in [0.2, 0.25) is 5.88 Å². The highest BCUT2D eigenvalue weighted by Crippen LogP contribution is 2.37. The molecule has 19 heavy (non-hydrogen) atoms. The van der Waals surface area contributed by atoms with Crippen LogP contribution in [0.1, 0.15) is 29.7 Å². The van der Waals surface area contributed by atoms with Crippen molar-refractivity contribution < 1.29 is 4.74 Å². The van der Waals surface area contributed by atoms with E-state index in [0.717, 1.165) is 24.4 Å². The minimum absolute atomic E-state index is 0.826. The third-order valence-electron chi connectivity index (χ3n) is 3.91. The Labute approximate surface area is 114 Å². The van der Waals surface area contributed by atoms with Gasteiger partial charge in [0, 0.05) is 16.8 Å². The highest BCUT2D eigenvalue weighted by Gasteiger charge is 2.21. The highest BCUT2D eigenvalue weighted by molar-refractivity contribution is 5.72. The first-order chi connectivity index (χ1) is 9.31. The highest BCUT2D eigenvalue weighted by atomic mass is 16.5. The summed E-state index contributed by atoms with van der Waals surface area (Å²) >= 11 is 0. The third-order valence-corrected chi connectivity index (χ3v) is 3.91. The SMILES string of the molecule is COc1nc(C)c(-c2ccccc2)c2c1CCCC2. The molecule has 1 aromatic carbocycles. The lowest BCUT2D eigenvalue weighted by Crippen LogP contribution is -2.10. The Morgan fingerprint density at radius 1 is 1.00 bits per heavy atom. The van der Waals surface area contributed by atoms with Crippen LogP contribution in [0.2, 0.25) is 0 Å². The quantitative estimate of drug-likeness (QED) is 0.808. The number of hydrogen-bond acceptors (Lipinski definition) is 2. The molecule has 98 valence electrons. The molecule has 0 amide bonds. The molecule has 0 atom stereocenters. The summed E-state index contributed by atoms with van der Waals surface area (Å²) in [5, 5.41) is 0. The normalized spacial score (nSPS) is 14.0. The summed E-state index contributed by atoms with van der Waals surface area (Å²) in [6, 6.07) is 10.6. The fraction of sp³-hybridized carbons (Fsp3) is 0.353. The van der Waals surface area contributed by atoms with E-state index in [1.54, 1.807) is 7.11 Å². The summed E-state index contributed by atoms with van der Waals surface area (Å²) in [5.74, 6) is 0.826. The molecule has 1 heterocycles. The van der Waals surface area contributed by atoms with E-state index in [2.05, 4.69) is 42.2 Å². The molecule has 0 spiro atoms. The van der Waals surface area contributed by atoms with Gasteiger partial charge in [-0.25, -0.2) is 4.98 Å². The van der Waals surface area contributed by atoms with E-state index in [1.165, 1.54) is 35.1 Å². The van der Waals surface area contributed by atoms with Crippen molar-refractivity contribution in [3.05, 3.63) is 47.2 Å². The average Bonchev–Trinajstić information content (AvgIpc) is 2.47. The molecule has 0 radical (unpaired) electrons. The second-order valence-corrected chi connectivity index (χ2v) is 5.11. The van der Waals surface area contributed by atoms with Gasteiger partial charge in [-0.05, 0) is 43.7 Å². The molecular formula is C17H19NO. The maximum atomic E-state index is 5.47. The lowest BCUT2D eigenvalue weighted by molar-refractivity contribution is 0.388. The van der Waals surface area contributed by atoms with E-state index in [4.69, 9.17) is 4.74 Å². The van der Waals surface area contributed by atoms with Gasteiger partial charge in [0.25, 0.3) is 0 Å². The van der Waals surface area contributed by atoms with Crippen LogP contribution in [0.4, 0.5) is 0 Å². The van der Waals surface area contributed by atoms with Crippen LogP contribution in [-0.2, 0) is 12.8 Å². The molecule has 2 nitrogen and oxygen atoms in total. The predicted octanol–water partition coefficient (Wildman–Crippen LogP) is 3.94. The first kappa shape index (κ1) is 12.2. The number of aromatic nitrogens is 1. The summed E-state index contributed by atoms with van der Waals surface area (Å²) in [6.07, 6.45) is 4.73. The van der Waals surface area contributed by atoms with Crippen LogP contribution in [0.5, 0.6) is 5.88 Å². The van der Waals surface area contributed by atoms with Gasteiger partial charge in [-0.3, -0.25) is 0 Å². The van der Waals surface area contributed by atoms with Crippen molar-refractivity contribution in [3.8, 4) is 17.0 Å². The Balaban J connectivity index is 2.25. The van der Waals surface area contributed by atoms with Gasteiger partial charge in [-0.15, -0.1) is 0 Å². The van der Waals surface area contributed by atoms with E-state index in [0.29, 0.717) is 0 Å². The molecule has 1 aliphatic rings. The van der Waals surface area contributed by atoms with Crippen LogP contribution >= 0.6 is 0 Å². The minimum Gasteiger partial charge on any atom is -0.481 e. The molecule has 2 heteroatoms. The van der Waals surface area contributed by atoms with Crippen LogP contribution in [0.25, 0.3) is 11.1 Å². The number of hydrogen-bond donors (Lipinski definition) is 0. The minimum atomic E-state index is 0.826. The number of pyridine rings is 1. The smallest absolute Gasteiger partial charge is 0.216 e. The number of aryl methyl sites for hydroxylation is 1. The van der Waals surface area contributed by atoms with Crippen molar-refractivity contribution in [1.29, 1.82) is 0 Å². The summed E-state index contributed by atoms with van der Waals surface area (Å²) in [5.41, 5.74) is 6.42. The molecular weight excluding hydrogens is 234 g/mol. The van der Waals surface area contributed by atoms with E-state index in [-0.39, 0.29) is 0 Å². The molecule has 0 saturated carbocycles. The number of benzene rings is 1. The molecule has 0 fully saturated rings. The van der Waals surface area contributed by atoms with Gasteiger partial charge in [0.15, 0.2) is 0 Å². The zero-order valence-corrected chi connectivity index (χ0v) is 11.6. The van der Waals surface area contributed by atoms with Gasteiger partial charge in [-0.2, -0.15) is 0 Å². The topological polar surface area (TPSA) is 22.1 Å². The van der Waals surface area contributed by atoms with Crippen molar-refractivity contribution >= 4 is 0 Å². The maximum absolute atomic E-state index is 5.47. The van der Waals surface area contributed by atoms with Crippen LogP contribution in [0, 0.1) is 6.92 Å². The molecule has 0 N–H and O–H groups in total. The third kappa shape index (κ3) is 2.12. The van der Waals surface area contributed by atoms with Crippen molar-refractivity contribution in [3.63, 3.8) is 0 Å². The van der Waals surface area contributed by atoms with Crippen LogP contribution in [-0.4, -0.2) is 12.1 Å². The molecule has 0 saturated heterocycles. The van der Waals surface area contributed by atoms with Crippen LogP contribution in [0.3, 0.4) is 0 Å². The first-order valence-electron chi connectivity index (χ1n) is 6.93. The van der Waals surface area contributed by atoms with E-state index in [9.17, 15) is 0 Å². The molecule has 2 aromatic rings. The van der Waals surface area contributed by atoms with Crippen molar-refractivity contribution in [2.75, 3.05) is 7.11 Å². The van der Waals surface area contributed by atoms with Gasteiger partial charge >= 0.3 is 0 Å². The van der Waals surface area contributed by atoms with E-state index in [1.807, 2.05) is 0 Å². The van der Waals surface area contributed by atoms with E-state index >= 15 is 0 Å². The number of fused-ring (bicyclic) bond motifs is 1. The molecule has 0 aliphatic heterocycles. The monoisotopic (exact) mass is 253 g/mol. The summed E-state index contributed by atoms with van der Waals surface area (Å²) < 4.78 is 5.47. The average molecular weight is 253 g/mol. The largest absolute Gasteiger partial charge is 0.481 e. The predicted molar refractivity (Wildman–Crippen MR) is 77.6 cm³/mol. The van der Waals surface area contributed by atoms with E-state index < -0.39 is 0 Å². The summed E-state index contributed by atoms with van der Waals surface area (Å²) in [7, 11) is 1.72. The Kier molecular flexibility index (Phi) is 3.24. The van der Waals surface area contributed by atoms with Gasteiger partial charge < -0.3 is 4.74 Å².